The van der Waals surface area contributed by atoms with E-state index < -0.39 is 5.97 Å². The van der Waals surface area contributed by atoms with Crippen molar-refractivity contribution in [2.45, 2.75) is 6.92 Å². The second-order valence-corrected chi connectivity index (χ2v) is 6.45. The zero-order valence-electron chi connectivity index (χ0n) is 9.20. The molecule has 0 aliphatic rings. The molecule has 1 aromatic heterocycles. The average molecular weight is 392 g/mol. The number of halogens is 2. The number of hydrogen-bond acceptors (Lipinski definition) is 4. The van der Waals surface area contributed by atoms with Crippen LogP contribution in [0, 0.1) is 6.92 Å². The summed E-state index contributed by atoms with van der Waals surface area (Å²) in [6.45, 7) is 1.74. The van der Waals surface area contributed by atoms with Gasteiger partial charge in [0.1, 0.15) is 0 Å². The second kappa shape index (κ2) is 5.38. The molecule has 0 aliphatic carbocycles. The number of aromatic nitrogens is 1. The molecule has 0 fully saturated rings. The van der Waals surface area contributed by atoms with E-state index in [1.54, 1.807) is 6.92 Å². The average Bonchev–Trinajstić information content (AvgIpc) is 2.65. The summed E-state index contributed by atoms with van der Waals surface area (Å²) < 4.78 is 1.82. The molecule has 0 radical (unpaired) electrons. The van der Waals surface area contributed by atoms with Crippen LogP contribution in [0.2, 0.25) is 0 Å². The number of nitrogens with one attached hydrogen (secondary N) is 1. The summed E-state index contributed by atoms with van der Waals surface area (Å²) in [6, 6.07) is 5.69. The number of benzene rings is 1. The van der Waals surface area contributed by atoms with Crippen molar-refractivity contribution < 1.29 is 9.90 Å². The third-order valence-electron chi connectivity index (χ3n) is 2.17. The van der Waals surface area contributed by atoms with Gasteiger partial charge in [0.05, 0.1) is 5.69 Å². The van der Waals surface area contributed by atoms with E-state index in [0.717, 1.165) is 14.6 Å². The number of carbonyl (C=O) groups is 1. The van der Waals surface area contributed by atoms with Gasteiger partial charge in [0.15, 0.2) is 10.8 Å². The van der Waals surface area contributed by atoms with E-state index in [1.807, 2.05) is 18.2 Å². The van der Waals surface area contributed by atoms with Gasteiger partial charge >= 0.3 is 5.97 Å². The Morgan fingerprint density at radius 2 is 2.17 bits per heavy atom. The second-order valence-electron chi connectivity index (χ2n) is 3.48. The summed E-state index contributed by atoms with van der Waals surface area (Å²) in [7, 11) is 0. The summed E-state index contributed by atoms with van der Waals surface area (Å²) in [6.07, 6.45) is 0. The van der Waals surface area contributed by atoms with Gasteiger partial charge in [-0.3, -0.25) is 0 Å². The largest absolute Gasteiger partial charge is 0.476 e. The number of nitrogens with zero attached hydrogens (tertiary/aromatic N) is 1. The first-order chi connectivity index (χ1) is 8.47. The number of anilines is 2. The Bertz CT molecular complexity index is 613. The van der Waals surface area contributed by atoms with E-state index >= 15 is 0 Å². The van der Waals surface area contributed by atoms with Crippen molar-refractivity contribution in [3.05, 3.63) is 37.7 Å². The lowest BCUT2D eigenvalue weighted by Gasteiger charge is -2.05. The summed E-state index contributed by atoms with van der Waals surface area (Å²) >= 11 is 8.11. The van der Waals surface area contributed by atoms with Crippen molar-refractivity contribution >= 4 is 60.0 Å². The first kappa shape index (κ1) is 13.5. The molecule has 4 nitrogen and oxygen atoms in total. The molecule has 2 rings (SSSR count). The molecule has 18 heavy (non-hydrogen) atoms. The van der Waals surface area contributed by atoms with Crippen LogP contribution < -0.4 is 5.32 Å². The van der Waals surface area contributed by atoms with Crippen LogP contribution >= 0.6 is 43.2 Å². The molecule has 0 amide bonds. The summed E-state index contributed by atoms with van der Waals surface area (Å²) in [5, 5.41) is 12.6. The smallest absolute Gasteiger partial charge is 0.355 e. The third-order valence-corrected chi connectivity index (χ3v) is 4.24. The van der Waals surface area contributed by atoms with E-state index in [-0.39, 0.29) is 5.69 Å². The number of carboxylic acid groups (broad SMARTS) is 1. The lowest BCUT2D eigenvalue weighted by molar-refractivity contribution is 0.0690. The zero-order valence-corrected chi connectivity index (χ0v) is 13.2. The minimum Gasteiger partial charge on any atom is -0.476 e. The number of aryl methyl sites for hydroxylation is 1. The molecule has 0 aliphatic heterocycles. The molecule has 2 N–H and O–H groups in total. The lowest BCUT2D eigenvalue weighted by Crippen LogP contribution is -1.99. The first-order valence-corrected chi connectivity index (χ1v) is 7.30. The van der Waals surface area contributed by atoms with Crippen molar-refractivity contribution in [1.29, 1.82) is 0 Å². The van der Waals surface area contributed by atoms with Crippen LogP contribution in [0.5, 0.6) is 0 Å². The van der Waals surface area contributed by atoms with Gasteiger partial charge in [-0.05, 0) is 41.1 Å². The van der Waals surface area contributed by atoms with Crippen molar-refractivity contribution in [1.82, 2.24) is 4.98 Å². The topological polar surface area (TPSA) is 62.2 Å². The normalized spacial score (nSPS) is 10.4. The summed E-state index contributed by atoms with van der Waals surface area (Å²) in [5.41, 5.74) is 0.920. The molecule has 94 valence electrons. The van der Waals surface area contributed by atoms with E-state index in [4.69, 9.17) is 5.11 Å². The molecule has 0 saturated heterocycles. The molecule has 0 saturated carbocycles. The molecule has 0 atom stereocenters. The molecule has 2 aromatic rings. The maximum atomic E-state index is 10.9. The minimum absolute atomic E-state index is 0.0913. The predicted octanol–water partition coefficient (Wildman–Crippen LogP) is 4.42. The highest BCUT2D eigenvalue weighted by Crippen LogP contribution is 2.31. The molecule has 0 unspecified atom stereocenters. The van der Waals surface area contributed by atoms with Gasteiger partial charge in [0.2, 0.25) is 0 Å². The van der Waals surface area contributed by atoms with Gasteiger partial charge < -0.3 is 10.4 Å². The number of hydrogen-bond donors (Lipinski definition) is 2. The first-order valence-electron chi connectivity index (χ1n) is 4.90. The van der Waals surface area contributed by atoms with E-state index in [2.05, 4.69) is 42.2 Å². The van der Waals surface area contributed by atoms with Crippen molar-refractivity contribution in [3.8, 4) is 0 Å². The quantitative estimate of drug-likeness (QED) is 0.812. The van der Waals surface area contributed by atoms with Crippen LogP contribution in [0.15, 0.2) is 27.1 Å². The molecule has 0 spiro atoms. The van der Waals surface area contributed by atoms with Gasteiger partial charge in [-0.15, -0.1) is 11.3 Å². The fraction of sp³-hybridized carbons (Fsp3) is 0.0909. The Balaban J connectivity index is 2.31. The number of thiazole rings is 1. The highest BCUT2D eigenvalue weighted by atomic mass is 79.9. The maximum absolute atomic E-state index is 10.9. The van der Waals surface area contributed by atoms with Crippen molar-refractivity contribution in [2.75, 3.05) is 5.32 Å². The summed E-state index contributed by atoms with van der Waals surface area (Å²) in [5.74, 6) is -1.01. The van der Waals surface area contributed by atoms with Crippen molar-refractivity contribution in [3.63, 3.8) is 0 Å². The Kier molecular flexibility index (Phi) is 4.04. The highest BCUT2D eigenvalue weighted by molar-refractivity contribution is 9.11. The lowest BCUT2D eigenvalue weighted by atomic mass is 10.3. The third kappa shape index (κ3) is 2.90. The van der Waals surface area contributed by atoms with Gasteiger partial charge in [-0.2, -0.15) is 0 Å². The van der Waals surface area contributed by atoms with Gasteiger partial charge in [0.25, 0.3) is 0 Å². The Hall–Kier alpha value is -0.920. The van der Waals surface area contributed by atoms with Crippen LogP contribution in [0.3, 0.4) is 0 Å². The Morgan fingerprint density at radius 3 is 2.78 bits per heavy atom. The molecule has 0 bridgehead atoms. The molecule has 1 aromatic carbocycles. The molecular weight excluding hydrogens is 384 g/mol. The van der Waals surface area contributed by atoms with Gasteiger partial charge in [-0.1, -0.05) is 15.9 Å². The number of carboxylic acids is 1. The van der Waals surface area contributed by atoms with E-state index in [1.165, 1.54) is 11.3 Å². The predicted molar refractivity (Wildman–Crippen MR) is 78.9 cm³/mol. The highest BCUT2D eigenvalue weighted by Gasteiger charge is 2.14. The standard InChI is InChI=1S/C11H8Br2N2O2S/c1-5-9(10(16)17)15-11(18-5)14-8-4-6(12)2-3-7(8)13/h2-4H,1H3,(H,14,15)(H,16,17). The fourth-order valence-electron chi connectivity index (χ4n) is 1.36. The van der Waals surface area contributed by atoms with Crippen LogP contribution in [-0.4, -0.2) is 16.1 Å². The monoisotopic (exact) mass is 390 g/mol. The number of rotatable bonds is 3. The summed E-state index contributed by atoms with van der Waals surface area (Å²) in [4.78, 5) is 15.6. The molecule has 7 heteroatoms. The SMILES string of the molecule is Cc1sc(Nc2cc(Br)ccc2Br)nc1C(=O)O. The number of aromatic carboxylic acids is 1. The van der Waals surface area contributed by atoms with Crippen LogP contribution in [0.25, 0.3) is 0 Å². The van der Waals surface area contributed by atoms with E-state index in [0.29, 0.717) is 10.0 Å². The maximum Gasteiger partial charge on any atom is 0.355 e. The molecule has 1 heterocycles. The van der Waals surface area contributed by atoms with Crippen molar-refractivity contribution in [2.24, 2.45) is 0 Å². The minimum atomic E-state index is -1.01. The van der Waals surface area contributed by atoms with Crippen LogP contribution in [-0.2, 0) is 0 Å². The Labute approximate surface area is 124 Å². The van der Waals surface area contributed by atoms with Gasteiger partial charge in [0, 0.05) is 13.8 Å². The molecular formula is C11H8Br2N2O2S. The Morgan fingerprint density at radius 1 is 1.44 bits per heavy atom. The van der Waals surface area contributed by atoms with E-state index in [9.17, 15) is 4.79 Å². The zero-order chi connectivity index (χ0) is 13.3. The van der Waals surface area contributed by atoms with Crippen LogP contribution in [0.1, 0.15) is 15.4 Å². The fourth-order valence-corrected chi connectivity index (χ4v) is 2.88. The van der Waals surface area contributed by atoms with Crippen LogP contribution in [0.4, 0.5) is 10.8 Å². The van der Waals surface area contributed by atoms with Gasteiger partial charge in [-0.25, -0.2) is 9.78 Å².